The van der Waals surface area contributed by atoms with Crippen molar-refractivity contribution in [3.05, 3.63) is 0 Å². The Labute approximate surface area is 108 Å². The molecule has 5 heteroatoms. The highest BCUT2D eigenvalue weighted by molar-refractivity contribution is 7.99. The van der Waals surface area contributed by atoms with Crippen molar-refractivity contribution < 1.29 is 4.74 Å². The van der Waals surface area contributed by atoms with Crippen molar-refractivity contribution in [1.82, 2.24) is 10.6 Å². The zero-order valence-corrected chi connectivity index (χ0v) is 11.6. The molecule has 2 rings (SSSR count). The lowest BCUT2D eigenvalue weighted by atomic mass is 9.89. The van der Waals surface area contributed by atoms with Gasteiger partial charge in [-0.15, -0.1) is 0 Å². The Morgan fingerprint density at radius 1 is 1.53 bits per heavy atom. The van der Waals surface area contributed by atoms with Gasteiger partial charge in [-0.2, -0.15) is 11.8 Å². The summed E-state index contributed by atoms with van der Waals surface area (Å²) in [6.45, 7) is 4.90. The monoisotopic (exact) mass is 257 g/mol. The Hall–Kier alpha value is -0.420. The summed E-state index contributed by atoms with van der Waals surface area (Å²) in [6.07, 6.45) is 2.57. The van der Waals surface area contributed by atoms with Gasteiger partial charge in [-0.25, -0.2) is 0 Å². The topological polar surface area (TPSA) is 45.7 Å². The molecule has 2 saturated heterocycles. The van der Waals surface area contributed by atoms with Gasteiger partial charge in [-0.3, -0.25) is 4.99 Å². The zero-order valence-electron chi connectivity index (χ0n) is 10.8. The molecule has 0 aromatic carbocycles. The summed E-state index contributed by atoms with van der Waals surface area (Å²) in [5.41, 5.74) is 0.291. The predicted molar refractivity (Wildman–Crippen MR) is 73.8 cm³/mol. The molecule has 2 heterocycles. The highest BCUT2D eigenvalue weighted by atomic mass is 32.2. The fourth-order valence-corrected chi connectivity index (χ4v) is 3.16. The number of guanidine groups is 1. The summed E-state index contributed by atoms with van der Waals surface area (Å²) < 4.78 is 5.25. The van der Waals surface area contributed by atoms with Crippen molar-refractivity contribution in [2.75, 3.05) is 38.3 Å². The largest absolute Gasteiger partial charge is 0.380 e. The van der Waals surface area contributed by atoms with Crippen molar-refractivity contribution in [1.29, 1.82) is 0 Å². The van der Waals surface area contributed by atoms with E-state index in [-0.39, 0.29) is 0 Å². The molecule has 0 radical (unpaired) electrons. The van der Waals surface area contributed by atoms with Crippen LogP contribution in [-0.2, 0) is 4.74 Å². The summed E-state index contributed by atoms with van der Waals surface area (Å²) in [5, 5.41) is 6.91. The normalized spacial score (nSPS) is 28.4. The van der Waals surface area contributed by atoms with Crippen LogP contribution in [0.4, 0.5) is 0 Å². The fraction of sp³-hybridized carbons (Fsp3) is 0.917. The molecule has 2 N–H and O–H groups in total. The van der Waals surface area contributed by atoms with Gasteiger partial charge in [0, 0.05) is 30.8 Å². The number of aliphatic imine (C=N–C) groups is 1. The molecule has 2 aliphatic rings. The van der Waals surface area contributed by atoms with Gasteiger partial charge in [-0.1, -0.05) is 6.92 Å². The van der Waals surface area contributed by atoms with E-state index in [1.54, 1.807) is 0 Å². The Morgan fingerprint density at radius 3 is 2.88 bits per heavy atom. The third-order valence-corrected chi connectivity index (χ3v) is 4.52. The van der Waals surface area contributed by atoms with E-state index in [1.165, 1.54) is 24.3 Å². The minimum absolute atomic E-state index is 0.291. The van der Waals surface area contributed by atoms with Crippen molar-refractivity contribution in [3.8, 4) is 0 Å². The molecule has 0 amide bonds. The van der Waals surface area contributed by atoms with Crippen LogP contribution >= 0.6 is 11.8 Å². The Bertz CT molecular complexity index is 273. The first-order valence-corrected chi connectivity index (χ1v) is 7.50. The molecule has 2 aliphatic heterocycles. The van der Waals surface area contributed by atoms with Crippen LogP contribution in [0.2, 0.25) is 0 Å². The van der Waals surface area contributed by atoms with Gasteiger partial charge in [0.15, 0.2) is 5.96 Å². The van der Waals surface area contributed by atoms with Gasteiger partial charge in [-0.05, 0) is 18.6 Å². The highest BCUT2D eigenvalue weighted by Gasteiger charge is 2.33. The van der Waals surface area contributed by atoms with Crippen LogP contribution in [0.15, 0.2) is 4.99 Å². The van der Waals surface area contributed by atoms with Crippen molar-refractivity contribution in [3.63, 3.8) is 0 Å². The van der Waals surface area contributed by atoms with Gasteiger partial charge in [0.25, 0.3) is 0 Å². The first-order valence-electron chi connectivity index (χ1n) is 6.34. The molecule has 1 unspecified atom stereocenters. The van der Waals surface area contributed by atoms with Crippen molar-refractivity contribution in [2.45, 2.75) is 25.8 Å². The van der Waals surface area contributed by atoms with Crippen molar-refractivity contribution >= 4 is 17.7 Å². The molecule has 0 saturated carbocycles. The maximum absolute atomic E-state index is 5.25. The molecule has 98 valence electrons. The first kappa shape index (κ1) is 13.0. The molecule has 17 heavy (non-hydrogen) atoms. The maximum atomic E-state index is 5.25. The summed E-state index contributed by atoms with van der Waals surface area (Å²) in [6, 6.07) is 0.574. The lowest BCUT2D eigenvalue weighted by Gasteiger charge is -2.38. The number of rotatable bonds is 3. The summed E-state index contributed by atoms with van der Waals surface area (Å²) in [7, 11) is 1.84. The van der Waals surface area contributed by atoms with Crippen LogP contribution in [-0.4, -0.2) is 50.3 Å². The quantitative estimate of drug-likeness (QED) is 0.587. The number of hydrogen-bond donors (Lipinski definition) is 2. The molecule has 0 aliphatic carbocycles. The van der Waals surface area contributed by atoms with E-state index >= 15 is 0 Å². The number of nitrogens with zero attached hydrogens (tertiary/aromatic N) is 1. The number of hydrogen-bond acceptors (Lipinski definition) is 3. The fourth-order valence-electron chi connectivity index (χ4n) is 2.09. The second kappa shape index (κ2) is 5.96. The van der Waals surface area contributed by atoms with E-state index in [0.717, 1.165) is 25.7 Å². The van der Waals surface area contributed by atoms with Crippen LogP contribution in [0, 0.1) is 5.41 Å². The summed E-state index contributed by atoms with van der Waals surface area (Å²) in [4.78, 5) is 4.29. The Balaban J connectivity index is 1.72. The van der Waals surface area contributed by atoms with Gasteiger partial charge >= 0.3 is 0 Å². The highest BCUT2D eigenvalue weighted by Crippen LogP contribution is 2.25. The summed E-state index contributed by atoms with van der Waals surface area (Å²) >= 11 is 2.03. The number of nitrogens with one attached hydrogen (secondary N) is 2. The maximum Gasteiger partial charge on any atom is 0.191 e. The van der Waals surface area contributed by atoms with Gasteiger partial charge in [0.1, 0.15) is 0 Å². The Kier molecular flexibility index (Phi) is 4.56. The van der Waals surface area contributed by atoms with E-state index in [9.17, 15) is 0 Å². The van der Waals surface area contributed by atoms with Gasteiger partial charge < -0.3 is 15.4 Å². The molecule has 0 aromatic heterocycles. The SMILES string of the molecule is CN=C(NCC1(C)COC1)NC1CCCSC1. The average Bonchev–Trinajstić information content (AvgIpc) is 2.33. The smallest absolute Gasteiger partial charge is 0.191 e. The molecule has 0 aromatic rings. The lowest BCUT2D eigenvalue weighted by Crippen LogP contribution is -2.53. The second-order valence-corrected chi connectivity index (χ2v) is 6.44. The van der Waals surface area contributed by atoms with Crippen LogP contribution in [0.1, 0.15) is 19.8 Å². The molecular weight excluding hydrogens is 234 g/mol. The zero-order chi connectivity index (χ0) is 12.1. The first-order chi connectivity index (χ1) is 8.22. The average molecular weight is 257 g/mol. The van der Waals surface area contributed by atoms with E-state index < -0.39 is 0 Å². The third-order valence-electron chi connectivity index (χ3n) is 3.31. The van der Waals surface area contributed by atoms with Gasteiger partial charge in [0.2, 0.25) is 0 Å². The van der Waals surface area contributed by atoms with Crippen LogP contribution in [0.5, 0.6) is 0 Å². The van der Waals surface area contributed by atoms with E-state index in [2.05, 4.69) is 22.5 Å². The molecule has 0 bridgehead atoms. The second-order valence-electron chi connectivity index (χ2n) is 5.29. The Morgan fingerprint density at radius 2 is 2.35 bits per heavy atom. The molecule has 2 fully saturated rings. The minimum atomic E-state index is 0.291. The van der Waals surface area contributed by atoms with Crippen LogP contribution in [0.3, 0.4) is 0 Å². The van der Waals surface area contributed by atoms with E-state index in [1.807, 2.05) is 18.8 Å². The lowest BCUT2D eigenvalue weighted by molar-refractivity contribution is -0.0971. The molecular formula is C12H23N3OS. The summed E-state index contributed by atoms with van der Waals surface area (Å²) in [5.74, 6) is 3.44. The minimum Gasteiger partial charge on any atom is -0.380 e. The van der Waals surface area contributed by atoms with Crippen LogP contribution < -0.4 is 10.6 Å². The van der Waals surface area contributed by atoms with E-state index in [4.69, 9.17) is 4.74 Å². The number of thioether (sulfide) groups is 1. The van der Waals surface area contributed by atoms with Crippen LogP contribution in [0.25, 0.3) is 0 Å². The predicted octanol–water partition coefficient (Wildman–Crippen LogP) is 1.08. The standard InChI is InChI=1S/C12H23N3OS/c1-12(8-16-9-12)7-14-11(13-2)15-10-4-3-5-17-6-10/h10H,3-9H2,1-2H3,(H2,13,14,15). The molecule has 4 nitrogen and oxygen atoms in total. The van der Waals surface area contributed by atoms with Crippen molar-refractivity contribution in [2.24, 2.45) is 10.4 Å². The third kappa shape index (κ3) is 3.78. The molecule has 0 spiro atoms. The number of ether oxygens (including phenoxy) is 1. The molecule has 1 atom stereocenters. The van der Waals surface area contributed by atoms with Gasteiger partial charge in [0.05, 0.1) is 13.2 Å². The van der Waals surface area contributed by atoms with E-state index in [0.29, 0.717) is 11.5 Å².